The van der Waals surface area contributed by atoms with Crippen molar-refractivity contribution in [1.82, 2.24) is 0 Å². The molecule has 80 valence electrons. The van der Waals surface area contributed by atoms with E-state index in [1.54, 1.807) is 12.1 Å². The highest BCUT2D eigenvalue weighted by Gasteiger charge is 2.11. The summed E-state index contributed by atoms with van der Waals surface area (Å²) in [5.41, 5.74) is 2.39. The number of phenolic OH excluding ortho intramolecular Hbond substituents is 1. The predicted octanol–water partition coefficient (Wildman–Crippen LogP) is 3.34. The molecule has 2 aromatic carbocycles. The van der Waals surface area contributed by atoms with Crippen molar-refractivity contribution < 1.29 is 9.84 Å². The van der Waals surface area contributed by atoms with Gasteiger partial charge in [-0.15, -0.1) is 0 Å². The molecule has 0 unspecified atom stereocenters. The van der Waals surface area contributed by atoms with Crippen LogP contribution in [0.3, 0.4) is 0 Å². The summed E-state index contributed by atoms with van der Waals surface area (Å²) in [6, 6.07) is 9.48. The van der Waals surface area contributed by atoms with Crippen LogP contribution in [-0.4, -0.2) is 11.7 Å². The molecule has 1 aliphatic rings. The number of fused-ring (bicyclic) bond motifs is 2. The molecule has 16 heavy (non-hydrogen) atoms. The van der Waals surface area contributed by atoms with E-state index in [0.29, 0.717) is 6.61 Å². The third-order valence-electron chi connectivity index (χ3n) is 2.98. The Balaban J connectivity index is 2.32. The normalized spacial score (nSPS) is 14.2. The summed E-state index contributed by atoms with van der Waals surface area (Å²) in [5, 5.41) is 11.6. The highest BCUT2D eigenvalue weighted by molar-refractivity contribution is 5.90. The van der Waals surface area contributed by atoms with Gasteiger partial charge in [0.2, 0.25) is 0 Å². The van der Waals surface area contributed by atoms with Gasteiger partial charge in [0.05, 0.1) is 0 Å². The van der Waals surface area contributed by atoms with Crippen LogP contribution in [0.15, 0.2) is 36.4 Å². The number of aromatic hydroxyl groups is 1. The van der Waals surface area contributed by atoms with Gasteiger partial charge in [-0.2, -0.15) is 0 Å². The summed E-state index contributed by atoms with van der Waals surface area (Å²) in [6.07, 6.45) is 2.08. The van der Waals surface area contributed by atoms with Crippen LogP contribution in [0.2, 0.25) is 0 Å². The van der Waals surface area contributed by atoms with E-state index in [0.717, 1.165) is 22.1 Å². The number of ether oxygens (including phenoxy) is 1. The van der Waals surface area contributed by atoms with Gasteiger partial charge in [-0.25, -0.2) is 0 Å². The molecular weight excluding hydrogens is 200 g/mol. The van der Waals surface area contributed by atoms with Gasteiger partial charge in [-0.05, 0) is 53.6 Å². The smallest absolute Gasteiger partial charge is 0.127 e. The van der Waals surface area contributed by atoms with E-state index in [2.05, 4.69) is 19.1 Å². The Morgan fingerprint density at radius 2 is 2.00 bits per heavy atom. The van der Waals surface area contributed by atoms with Crippen LogP contribution in [0.4, 0.5) is 0 Å². The van der Waals surface area contributed by atoms with Crippen LogP contribution in [0.5, 0.6) is 11.5 Å². The molecule has 0 spiro atoms. The first-order chi connectivity index (χ1) is 7.74. The first-order valence-corrected chi connectivity index (χ1v) is 5.31. The molecule has 0 aliphatic carbocycles. The van der Waals surface area contributed by atoms with E-state index in [9.17, 15) is 5.11 Å². The molecule has 1 N–H and O–H groups in total. The third-order valence-corrected chi connectivity index (χ3v) is 2.98. The molecule has 0 saturated carbocycles. The fourth-order valence-corrected chi connectivity index (χ4v) is 2.06. The van der Waals surface area contributed by atoms with E-state index in [1.165, 1.54) is 5.57 Å². The summed E-state index contributed by atoms with van der Waals surface area (Å²) in [5.74, 6) is 1.19. The molecule has 0 saturated heterocycles. The Hall–Kier alpha value is -1.96. The first-order valence-electron chi connectivity index (χ1n) is 5.31. The zero-order chi connectivity index (χ0) is 11.1. The summed E-state index contributed by atoms with van der Waals surface area (Å²) in [7, 11) is 0. The maximum atomic E-state index is 9.43. The summed E-state index contributed by atoms with van der Waals surface area (Å²) in [4.78, 5) is 0. The van der Waals surface area contributed by atoms with Crippen molar-refractivity contribution in [1.29, 1.82) is 0 Å². The first kappa shape index (κ1) is 9.28. The van der Waals surface area contributed by atoms with Crippen molar-refractivity contribution in [3.05, 3.63) is 42.0 Å². The van der Waals surface area contributed by atoms with Crippen molar-refractivity contribution in [2.24, 2.45) is 0 Å². The van der Waals surface area contributed by atoms with Gasteiger partial charge in [0, 0.05) is 5.56 Å². The minimum atomic E-state index is 0.288. The molecule has 2 aromatic rings. The van der Waals surface area contributed by atoms with E-state index in [4.69, 9.17) is 4.74 Å². The molecule has 0 aromatic heterocycles. The fraction of sp³-hybridized carbons (Fsp3) is 0.143. The largest absolute Gasteiger partial charge is 0.508 e. The molecule has 1 heterocycles. The monoisotopic (exact) mass is 212 g/mol. The minimum Gasteiger partial charge on any atom is -0.508 e. The van der Waals surface area contributed by atoms with Crippen molar-refractivity contribution in [2.45, 2.75) is 6.92 Å². The summed E-state index contributed by atoms with van der Waals surface area (Å²) in [6.45, 7) is 2.72. The maximum Gasteiger partial charge on any atom is 0.127 e. The molecule has 3 rings (SSSR count). The molecule has 0 radical (unpaired) electrons. The number of hydrogen-bond donors (Lipinski definition) is 1. The minimum absolute atomic E-state index is 0.288. The molecule has 1 aliphatic heterocycles. The quantitative estimate of drug-likeness (QED) is 0.725. The number of hydrogen-bond acceptors (Lipinski definition) is 2. The molecular formula is C14H12O2. The molecule has 2 nitrogen and oxygen atoms in total. The number of benzene rings is 2. The van der Waals surface area contributed by atoms with E-state index in [1.807, 2.05) is 12.1 Å². The zero-order valence-corrected chi connectivity index (χ0v) is 9.03. The van der Waals surface area contributed by atoms with Crippen molar-refractivity contribution in [3.63, 3.8) is 0 Å². The summed E-state index contributed by atoms with van der Waals surface area (Å²) >= 11 is 0. The van der Waals surface area contributed by atoms with E-state index in [-0.39, 0.29) is 5.75 Å². The second-order valence-corrected chi connectivity index (χ2v) is 4.08. The van der Waals surface area contributed by atoms with Crippen LogP contribution >= 0.6 is 0 Å². The van der Waals surface area contributed by atoms with Gasteiger partial charge in [0.25, 0.3) is 0 Å². The zero-order valence-electron chi connectivity index (χ0n) is 9.03. The fourth-order valence-electron chi connectivity index (χ4n) is 2.06. The molecule has 0 amide bonds. The predicted molar refractivity (Wildman–Crippen MR) is 64.8 cm³/mol. The van der Waals surface area contributed by atoms with Crippen LogP contribution in [0.1, 0.15) is 12.5 Å². The Bertz CT molecular complexity index is 597. The lowest BCUT2D eigenvalue weighted by atomic mass is 9.99. The lowest BCUT2D eigenvalue weighted by Crippen LogP contribution is -2.03. The van der Waals surface area contributed by atoms with Gasteiger partial charge in [0.1, 0.15) is 18.1 Å². The SMILES string of the molecule is CC1=CCOc2cc3cc(O)ccc3cc21. The van der Waals surface area contributed by atoms with E-state index < -0.39 is 0 Å². The third kappa shape index (κ3) is 1.34. The Labute approximate surface area is 93.8 Å². The lowest BCUT2D eigenvalue weighted by Gasteiger charge is -2.17. The second-order valence-electron chi connectivity index (χ2n) is 4.08. The van der Waals surface area contributed by atoms with E-state index >= 15 is 0 Å². The van der Waals surface area contributed by atoms with Crippen LogP contribution < -0.4 is 4.74 Å². The van der Waals surface area contributed by atoms with Crippen LogP contribution in [0, 0.1) is 0 Å². The standard InChI is InChI=1S/C14H12O2/c1-9-4-5-16-14-8-11-6-12(15)3-2-10(11)7-13(9)14/h2-4,6-8,15H,5H2,1H3. The lowest BCUT2D eigenvalue weighted by molar-refractivity contribution is 0.358. The van der Waals surface area contributed by atoms with Crippen molar-refractivity contribution >= 4 is 16.3 Å². The Morgan fingerprint density at radius 3 is 2.88 bits per heavy atom. The van der Waals surface area contributed by atoms with Gasteiger partial charge < -0.3 is 9.84 Å². The number of rotatable bonds is 0. The average molecular weight is 212 g/mol. The molecule has 0 bridgehead atoms. The Kier molecular flexibility index (Phi) is 1.90. The number of allylic oxidation sites excluding steroid dienone is 1. The highest BCUT2D eigenvalue weighted by atomic mass is 16.5. The maximum absolute atomic E-state index is 9.43. The molecule has 0 atom stereocenters. The second kappa shape index (κ2) is 3.27. The van der Waals surface area contributed by atoms with Crippen LogP contribution in [0.25, 0.3) is 16.3 Å². The van der Waals surface area contributed by atoms with Gasteiger partial charge in [-0.3, -0.25) is 0 Å². The Morgan fingerprint density at radius 1 is 1.12 bits per heavy atom. The van der Waals surface area contributed by atoms with Gasteiger partial charge in [0.15, 0.2) is 0 Å². The van der Waals surface area contributed by atoms with Crippen LogP contribution in [-0.2, 0) is 0 Å². The number of phenols is 1. The van der Waals surface area contributed by atoms with Gasteiger partial charge >= 0.3 is 0 Å². The molecule has 0 fully saturated rings. The summed E-state index contributed by atoms with van der Waals surface area (Å²) < 4.78 is 5.58. The highest BCUT2D eigenvalue weighted by Crippen LogP contribution is 2.34. The van der Waals surface area contributed by atoms with Crippen molar-refractivity contribution in [3.8, 4) is 11.5 Å². The average Bonchev–Trinajstić information content (AvgIpc) is 2.27. The molecule has 2 heteroatoms. The topological polar surface area (TPSA) is 29.5 Å². The van der Waals surface area contributed by atoms with Gasteiger partial charge in [-0.1, -0.05) is 6.07 Å². The van der Waals surface area contributed by atoms with Crippen molar-refractivity contribution in [2.75, 3.05) is 6.61 Å².